The van der Waals surface area contributed by atoms with Crippen LogP contribution in [0.3, 0.4) is 0 Å². The van der Waals surface area contributed by atoms with Gasteiger partial charge in [-0.1, -0.05) is 109 Å². The summed E-state index contributed by atoms with van der Waals surface area (Å²) in [5, 5.41) is 0. The summed E-state index contributed by atoms with van der Waals surface area (Å²) in [6.07, 6.45) is -0.208. The molecule has 1 heterocycles. The van der Waals surface area contributed by atoms with Gasteiger partial charge in [0.15, 0.2) is 5.56 Å². The number of ether oxygens (including phenoxy) is 5. The zero-order chi connectivity index (χ0) is 25.0. The highest BCUT2D eigenvalue weighted by atomic mass is 35.5. The summed E-state index contributed by atoms with van der Waals surface area (Å²) in [4.78, 5) is 0. The quantitative estimate of drug-likeness (QED) is 0.212. The third-order valence-electron chi connectivity index (χ3n) is 5.95. The molecule has 0 spiro atoms. The molecule has 36 heavy (non-hydrogen) atoms. The lowest BCUT2D eigenvalue weighted by atomic mass is 9.99. The van der Waals surface area contributed by atoms with Crippen molar-refractivity contribution in [3.63, 3.8) is 0 Å². The van der Waals surface area contributed by atoms with Crippen molar-refractivity contribution in [3.8, 4) is 0 Å². The molecule has 1 aliphatic rings. The highest BCUT2D eigenvalue weighted by molar-refractivity contribution is 6.20. The summed E-state index contributed by atoms with van der Waals surface area (Å²) < 4.78 is 31.1. The van der Waals surface area contributed by atoms with Crippen LogP contribution < -0.4 is 0 Å². The van der Waals surface area contributed by atoms with E-state index in [1.54, 1.807) is 6.08 Å². The summed E-state index contributed by atoms with van der Waals surface area (Å²) in [7, 11) is 0. The molecule has 190 valence electrons. The number of benzene rings is 3. The molecule has 0 saturated carbocycles. The van der Waals surface area contributed by atoms with E-state index in [1.807, 2.05) is 91.0 Å². The summed E-state index contributed by atoms with van der Waals surface area (Å²) in [6.45, 7) is 5.69. The summed E-state index contributed by atoms with van der Waals surface area (Å²) in [5.74, 6) is 0. The monoisotopic (exact) mass is 508 g/mol. The number of rotatable bonds is 13. The molecule has 1 saturated heterocycles. The Hall–Kier alpha value is -2.51. The van der Waals surface area contributed by atoms with Gasteiger partial charge >= 0.3 is 0 Å². The van der Waals surface area contributed by atoms with Gasteiger partial charge in [0.2, 0.25) is 0 Å². The van der Waals surface area contributed by atoms with Crippen LogP contribution in [0.15, 0.2) is 104 Å². The SMILES string of the molecule is C=CCO[C@@H]1[C@H](OCc2ccccc2)[C@@H](Cl)O[C@H](COCc2ccccc2)[C@H]1OCc1ccccc1. The maximum Gasteiger partial charge on any atom is 0.160 e. The molecule has 0 bridgehead atoms. The van der Waals surface area contributed by atoms with Gasteiger partial charge in [-0.05, 0) is 16.7 Å². The van der Waals surface area contributed by atoms with Crippen LogP contribution in [0.2, 0.25) is 0 Å². The largest absolute Gasteiger partial charge is 0.374 e. The van der Waals surface area contributed by atoms with Crippen LogP contribution in [-0.2, 0) is 43.5 Å². The van der Waals surface area contributed by atoms with Crippen LogP contribution in [0.5, 0.6) is 0 Å². The first-order valence-electron chi connectivity index (χ1n) is 12.2. The number of hydrogen-bond acceptors (Lipinski definition) is 5. The van der Waals surface area contributed by atoms with Crippen molar-refractivity contribution in [1.82, 2.24) is 0 Å². The lowest BCUT2D eigenvalue weighted by Crippen LogP contribution is -2.59. The van der Waals surface area contributed by atoms with Crippen molar-refractivity contribution in [1.29, 1.82) is 0 Å². The molecule has 3 aromatic carbocycles. The smallest absolute Gasteiger partial charge is 0.160 e. The molecule has 0 aromatic heterocycles. The van der Waals surface area contributed by atoms with Crippen molar-refractivity contribution in [3.05, 3.63) is 120 Å². The average Bonchev–Trinajstić information content (AvgIpc) is 2.92. The first kappa shape index (κ1) is 26.6. The van der Waals surface area contributed by atoms with E-state index in [-0.39, 0.29) is 0 Å². The lowest BCUT2D eigenvalue weighted by molar-refractivity contribution is -0.251. The molecule has 0 N–H and O–H groups in total. The molecule has 5 atom stereocenters. The van der Waals surface area contributed by atoms with E-state index in [9.17, 15) is 0 Å². The second-order valence-corrected chi connectivity index (χ2v) is 9.07. The predicted molar refractivity (Wildman–Crippen MR) is 141 cm³/mol. The summed E-state index contributed by atoms with van der Waals surface area (Å²) in [5.41, 5.74) is 2.45. The Morgan fingerprint density at radius 2 is 1.17 bits per heavy atom. The van der Waals surface area contributed by atoms with Crippen molar-refractivity contribution in [2.24, 2.45) is 0 Å². The molecule has 5 nitrogen and oxygen atoms in total. The zero-order valence-corrected chi connectivity index (χ0v) is 21.0. The molecular weight excluding hydrogens is 476 g/mol. The molecule has 6 heteroatoms. The third-order valence-corrected chi connectivity index (χ3v) is 6.30. The Bertz CT molecular complexity index is 1020. The maximum absolute atomic E-state index is 6.73. The van der Waals surface area contributed by atoms with Gasteiger partial charge < -0.3 is 23.7 Å². The van der Waals surface area contributed by atoms with E-state index >= 15 is 0 Å². The molecule has 0 aliphatic carbocycles. The molecule has 4 rings (SSSR count). The fraction of sp³-hybridized carbons (Fsp3) is 0.333. The van der Waals surface area contributed by atoms with Gasteiger partial charge in [0.25, 0.3) is 0 Å². The van der Waals surface area contributed by atoms with Gasteiger partial charge in [-0.15, -0.1) is 6.58 Å². The van der Waals surface area contributed by atoms with Crippen LogP contribution in [-0.4, -0.2) is 43.2 Å². The second kappa shape index (κ2) is 14.3. The highest BCUT2D eigenvalue weighted by Crippen LogP contribution is 2.31. The first-order chi connectivity index (χ1) is 17.7. The zero-order valence-electron chi connectivity index (χ0n) is 20.3. The van der Waals surface area contributed by atoms with Gasteiger partial charge in [-0.3, -0.25) is 0 Å². The molecule has 3 aromatic rings. The molecule has 0 radical (unpaired) electrons. The van der Waals surface area contributed by atoms with Gasteiger partial charge in [-0.25, -0.2) is 0 Å². The van der Waals surface area contributed by atoms with E-state index < -0.39 is 30.0 Å². The highest BCUT2D eigenvalue weighted by Gasteiger charge is 2.47. The van der Waals surface area contributed by atoms with Crippen LogP contribution in [0.1, 0.15) is 16.7 Å². The van der Waals surface area contributed by atoms with Crippen LogP contribution in [0.4, 0.5) is 0 Å². The van der Waals surface area contributed by atoms with Crippen molar-refractivity contribution >= 4 is 11.6 Å². The molecule has 1 fully saturated rings. The Balaban J connectivity index is 1.49. The number of hydrogen-bond donors (Lipinski definition) is 0. The summed E-state index contributed by atoms with van der Waals surface area (Å²) >= 11 is 6.73. The van der Waals surface area contributed by atoms with Gasteiger partial charge in [0, 0.05) is 0 Å². The molecule has 1 aliphatic heterocycles. The fourth-order valence-electron chi connectivity index (χ4n) is 4.15. The standard InChI is InChI=1S/C30H33ClO5/c1-2-18-33-28-27(34-20-24-14-8-4-9-15-24)26(22-32-19-23-12-6-3-7-13-23)36-30(31)29(28)35-21-25-16-10-5-11-17-25/h2-17,26-30H,1,18-22H2/t26-,27-,28+,29+,30+/m1/s1. The van der Waals surface area contributed by atoms with Crippen LogP contribution in [0, 0.1) is 0 Å². The summed E-state index contributed by atoms with van der Waals surface area (Å²) in [6, 6.07) is 30.0. The predicted octanol–water partition coefficient (Wildman–Crippen LogP) is 5.91. The van der Waals surface area contributed by atoms with Crippen LogP contribution in [0.25, 0.3) is 0 Å². The Labute approximate surface area is 218 Å². The van der Waals surface area contributed by atoms with Crippen molar-refractivity contribution in [2.45, 2.75) is 49.8 Å². The van der Waals surface area contributed by atoms with E-state index in [4.69, 9.17) is 35.3 Å². The van der Waals surface area contributed by atoms with Gasteiger partial charge in [0.1, 0.15) is 24.4 Å². The third kappa shape index (κ3) is 7.74. The topological polar surface area (TPSA) is 46.2 Å². The fourth-order valence-corrected chi connectivity index (χ4v) is 4.49. The first-order valence-corrected chi connectivity index (χ1v) is 12.6. The van der Waals surface area contributed by atoms with Crippen molar-refractivity contribution in [2.75, 3.05) is 13.2 Å². The van der Waals surface area contributed by atoms with E-state index in [0.29, 0.717) is 33.0 Å². The normalized spacial score (nSPS) is 23.9. The number of halogens is 1. The minimum atomic E-state index is -0.731. The Morgan fingerprint density at radius 3 is 1.69 bits per heavy atom. The Morgan fingerprint density at radius 1 is 0.667 bits per heavy atom. The number of alkyl halides is 1. The Kier molecular flexibility index (Phi) is 10.5. The maximum atomic E-state index is 6.73. The van der Waals surface area contributed by atoms with E-state index in [0.717, 1.165) is 16.7 Å². The van der Waals surface area contributed by atoms with Gasteiger partial charge in [-0.2, -0.15) is 0 Å². The van der Waals surface area contributed by atoms with Crippen molar-refractivity contribution < 1.29 is 23.7 Å². The van der Waals surface area contributed by atoms with E-state index in [2.05, 4.69) is 6.58 Å². The van der Waals surface area contributed by atoms with Crippen LogP contribution >= 0.6 is 11.6 Å². The minimum Gasteiger partial charge on any atom is -0.374 e. The van der Waals surface area contributed by atoms with E-state index in [1.165, 1.54) is 0 Å². The molecule has 0 amide bonds. The van der Waals surface area contributed by atoms with Gasteiger partial charge in [0.05, 0.1) is 33.0 Å². The lowest BCUT2D eigenvalue weighted by Gasteiger charge is -2.44. The molecular formula is C30H33ClO5. The average molecular weight is 509 g/mol. The second-order valence-electron chi connectivity index (χ2n) is 8.64. The minimum absolute atomic E-state index is 0.303. The molecule has 0 unspecified atom stereocenters.